The number of amidine groups is 1. The number of rotatable bonds is 6. The maximum atomic E-state index is 10.5. The van der Waals surface area contributed by atoms with Crippen molar-refractivity contribution in [1.82, 2.24) is 14.4 Å². The van der Waals surface area contributed by atoms with E-state index >= 15 is 0 Å². The van der Waals surface area contributed by atoms with Crippen LogP contribution in [0.25, 0.3) is 0 Å². The lowest BCUT2D eigenvalue weighted by Crippen LogP contribution is -2.49. The van der Waals surface area contributed by atoms with Crippen LogP contribution in [0.1, 0.15) is 40.8 Å². The number of para-hydroxylation sites is 2. The summed E-state index contributed by atoms with van der Waals surface area (Å²) in [5.41, 5.74) is 5.05. The van der Waals surface area contributed by atoms with Gasteiger partial charge in [-0.2, -0.15) is 0 Å². The fourth-order valence-electron chi connectivity index (χ4n) is 5.69. The van der Waals surface area contributed by atoms with E-state index in [1.165, 1.54) is 15.4 Å². The first kappa shape index (κ1) is 24.1. The highest BCUT2D eigenvalue weighted by Gasteiger charge is 2.26. The number of hydrogen-bond acceptors (Lipinski definition) is 7. The Bertz CT molecular complexity index is 1320. The number of allylic oxidation sites excluding steroid dienone is 2. The molecule has 7 nitrogen and oxygen atoms in total. The molecule has 3 aromatic rings. The number of nitrogens with one attached hydrogen (secondary N) is 1. The van der Waals surface area contributed by atoms with Crippen molar-refractivity contribution in [1.29, 1.82) is 0 Å². The molecule has 0 amide bonds. The van der Waals surface area contributed by atoms with Crippen LogP contribution in [0.5, 0.6) is 11.8 Å². The van der Waals surface area contributed by atoms with Crippen molar-refractivity contribution in [3.8, 4) is 11.8 Å². The molecule has 1 fully saturated rings. The standard InChI is InChI=1S/C29H35N5O2S/c1-20-19-23-26(30-24-11-5-6-12-25(24)31-27(23)37-20)33-17-15-32(16-18-33)13-7-2-8-14-34-28(35)21-9-3-4-10-22(21)29(34)36/h3-6,11-12,19,31,35-36H,2,7-10,13-18H2,1H3. The molecule has 0 bridgehead atoms. The number of aromatic hydroxyl groups is 2. The van der Waals surface area contributed by atoms with Gasteiger partial charge in [0.25, 0.3) is 0 Å². The number of aromatic nitrogens is 1. The summed E-state index contributed by atoms with van der Waals surface area (Å²) >= 11 is 1.79. The van der Waals surface area contributed by atoms with Crippen molar-refractivity contribution < 1.29 is 10.2 Å². The third-order valence-corrected chi connectivity index (χ3v) is 8.69. The van der Waals surface area contributed by atoms with Crippen molar-refractivity contribution in [2.24, 2.45) is 4.99 Å². The van der Waals surface area contributed by atoms with E-state index in [1.54, 1.807) is 15.9 Å². The normalized spacial score (nSPS) is 17.0. The summed E-state index contributed by atoms with van der Waals surface area (Å²) in [6.07, 6.45) is 8.68. The van der Waals surface area contributed by atoms with E-state index in [0.717, 1.165) is 80.3 Å². The summed E-state index contributed by atoms with van der Waals surface area (Å²) in [4.78, 5) is 11.4. The minimum absolute atomic E-state index is 0.246. The molecule has 0 saturated carbocycles. The zero-order valence-corrected chi connectivity index (χ0v) is 22.2. The van der Waals surface area contributed by atoms with E-state index in [1.807, 2.05) is 0 Å². The van der Waals surface area contributed by atoms with Gasteiger partial charge in [0.15, 0.2) is 11.8 Å². The van der Waals surface area contributed by atoms with Crippen LogP contribution in [0, 0.1) is 6.92 Å². The number of hydrogen-bond donors (Lipinski definition) is 3. The molecule has 3 N–H and O–H groups in total. The summed E-state index contributed by atoms with van der Waals surface area (Å²) in [7, 11) is 0. The minimum atomic E-state index is 0.246. The number of anilines is 2. The van der Waals surface area contributed by atoms with Crippen LogP contribution in [0.15, 0.2) is 47.5 Å². The molecule has 1 aromatic carbocycles. The highest BCUT2D eigenvalue weighted by atomic mass is 32.1. The molecule has 2 aliphatic heterocycles. The molecule has 0 spiro atoms. The summed E-state index contributed by atoms with van der Waals surface area (Å²) in [5, 5.41) is 25.8. The fourth-order valence-corrected chi connectivity index (χ4v) is 6.61. The molecule has 0 atom stereocenters. The molecule has 4 heterocycles. The third-order valence-electron chi connectivity index (χ3n) is 7.73. The monoisotopic (exact) mass is 517 g/mol. The van der Waals surface area contributed by atoms with E-state index in [9.17, 15) is 10.2 Å². The first-order valence-electron chi connectivity index (χ1n) is 13.4. The lowest BCUT2D eigenvalue weighted by molar-refractivity contribution is 0.179. The van der Waals surface area contributed by atoms with Gasteiger partial charge in [-0.3, -0.25) is 9.47 Å². The van der Waals surface area contributed by atoms with E-state index in [4.69, 9.17) is 4.99 Å². The average molecular weight is 518 g/mol. The maximum Gasteiger partial charge on any atom is 0.197 e. The highest BCUT2D eigenvalue weighted by molar-refractivity contribution is 7.16. The SMILES string of the molecule is Cc1cc2c(s1)Nc1ccccc1N=C2N1CCN(CCCCCn2c(O)c3c(c2O)CC=CC3)CC1. The Labute approximate surface area is 222 Å². The predicted octanol–water partition coefficient (Wildman–Crippen LogP) is 5.55. The summed E-state index contributed by atoms with van der Waals surface area (Å²) in [6, 6.07) is 10.6. The van der Waals surface area contributed by atoms with Crippen molar-refractivity contribution in [2.75, 3.05) is 38.0 Å². The number of fused-ring (bicyclic) bond motifs is 3. The van der Waals surface area contributed by atoms with E-state index in [2.05, 4.69) is 64.5 Å². The lowest BCUT2D eigenvalue weighted by Gasteiger charge is -2.36. The van der Waals surface area contributed by atoms with E-state index < -0.39 is 0 Å². The molecule has 37 heavy (non-hydrogen) atoms. The molecule has 1 aliphatic carbocycles. The summed E-state index contributed by atoms with van der Waals surface area (Å²) < 4.78 is 1.69. The number of thiophene rings is 1. The number of unbranched alkanes of at least 4 members (excludes halogenated alkanes) is 2. The van der Waals surface area contributed by atoms with Crippen LogP contribution in [-0.2, 0) is 19.4 Å². The van der Waals surface area contributed by atoms with Gasteiger partial charge in [0.1, 0.15) is 10.8 Å². The van der Waals surface area contributed by atoms with Gasteiger partial charge in [-0.1, -0.05) is 30.7 Å². The summed E-state index contributed by atoms with van der Waals surface area (Å²) in [6.45, 7) is 7.91. The van der Waals surface area contributed by atoms with Gasteiger partial charge in [-0.15, -0.1) is 11.3 Å². The largest absolute Gasteiger partial charge is 0.494 e. The number of piperazine rings is 1. The minimum Gasteiger partial charge on any atom is -0.494 e. The maximum absolute atomic E-state index is 10.5. The Morgan fingerprint density at radius 1 is 0.919 bits per heavy atom. The number of aliphatic imine (C=N–C) groups is 1. The van der Waals surface area contributed by atoms with Gasteiger partial charge >= 0.3 is 0 Å². The average Bonchev–Trinajstić information content (AvgIpc) is 3.34. The van der Waals surface area contributed by atoms with Crippen molar-refractivity contribution in [2.45, 2.75) is 45.6 Å². The molecular weight excluding hydrogens is 482 g/mol. The number of nitrogens with zero attached hydrogens (tertiary/aromatic N) is 4. The quantitative estimate of drug-likeness (QED) is 0.295. The van der Waals surface area contributed by atoms with Crippen molar-refractivity contribution >= 4 is 33.5 Å². The van der Waals surface area contributed by atoms with E-state index in [0.29, 0.717) is 19.4 Å². The topological polar surface area (TPSA) is 76.3 Å². The number of benzene rings is 1. The van der Waals surface area contributed by atoms with Crippen molar-refractivity contribution in [3.05, 3.63) is 64.1 Å². The Morgan fingerprint density at radius 3 is 2.38 bits per heavy atom. The second-order valence-electron chi connectivity index (χ2n) is 10.2. The van der Waals surface area contributed by atoms with Crippen LogP contribution >= 0.6 is 11.3 Å². The molecule has 194 valence electrons. The fraction of sp³-hybridized carbons (Fsp3) is 0.414. The lowest BCUT2D eigenvalue weighted by atomic mass is 10.0. The van der Waals surface area contributed by atoms with Crippen LogP contribution in [-0.4, -0.2) is 63.1 Å². The van der Waals surface area contributed by atoms with Gasteiger partial charge in [-0.25, -0.2) is 4.99 Å². The summed E-state index contributed by atoms with van der Waals surface area (Å²) in [5.74, 6) is 1.58. The zero-order valence-electron chi connectivity index (χ0n) is 21.4. The number of aryl methyl sites for hydroxylation is 1. The molecular formula is C29H35N5O2S. The van der Waals surface area contributed by atoms with Gasteiger partial charge in [0.2, 0.25) is 0 Å². The second kappa shape index (κ2) is 10.3. The molecule has 3 aliphatic rings. The molecule has 0 radical (unpaired) electrons. The Hall–Kier alpha value is -3.23. The first-order valence-corrected chi connectivity index (χ1v) is 14.2. The Kier molecular flexibility index (Phi) is 6.69. The molecule has 0 unspecified atom stereocenters. The van der Waals surface area contributed by atoms with E-state index in [-0.39, 0.29) is 11.8 Å². The van der Waals surface area contributed by atoms with Crippen LogP contribution < -0.4 is 5.32 Å². The van der Waals surface area contributed by atoms with Crippen LogP contribution in [0.2, 0.25) is 0 Å². The molecule has 8 heteroatoms. The second-order valence-corrected chi connectivity index (χ2v) is 11.5. The molecule has 6 rings (SSSR count). The van der Waals surface area contributed by atoms with Crippen LogP contribution in [0.3, 0.4) is 0 Å². The Morgan fingerprint density at radius 2 is 1.62 bits per heavy atom. The third kappa shape index (κ3) is 4.76. The van der Waals surface area contributed by atoms with Gasteiger partial charge in [0, 0.05) is 48.7 Å². The smallest absolute Gasteiger partial charge is 0.197 e. The zero-order chi connectivity index (χ0) is 25.4. The first-order chi connectivity index (χ1) is 18.1. The van der Waals surface area contributed by atoms with Gasteiger partial charge < -0.3 is 20.4 Å². The van der Waals surface area contributed by atoms with Crippen LogP contribution in [0.4, 0.5) is 16.4 Å². The molecule has 1 saturated heterocycles. The highest BCUT2D eigenvalue weighted by Crippen LogP contribution is 2.39. The van der Waals surface area contributed by atoms with Gasteiger partial charge in [-0.05, 0) is 57.4 Å². The van der Waals surface area contributed by atoms with Gasteiger partial charge in [0.05, 0.1) is 16.9 Å². The Balaban J connectivity index is 1.01. The van der Waals surface area contributed by atoms with Crippen molar-refractivity contribution in [3.63, 3.8) is 0 Å². The predicted molar refractivity (Wildman–Crippen MR) is 151 cm³/mol. The molecule has 2 aromatic heterocycles.